The topological polar surface area (TPSA) is 49.3 Å². The molecule has 1 rings (SSSR count). The highest BCUT2D eigenvalue weighted by molar-refractivity contribution is 5.79. The third-order valence-corrected chi connectivity index (χ3v) is 3.31. The van der Waals surface area contributed by atoms with Crippen molar-refractivity contribution in [3.63, 3.8) is 0 Å². The van der Waals surface area contributed by atoms with Crippen molar-refractivity contribution in [3.05, 3.63) is 0 Å². The fourth-order valence-electron chi connectivity index (χ4n) is 1.81. The third kappa shape index (κ3) is 3.49. The van der Waals surface area contributed by atoms with Crippen LogP contribution in [0.3, 0.4) is 0 Å². The van der Waals surface area contributed by atoms with Gasteiger partial charge in [0.15, 0.2) is 0 Å². The maximum Gasteiger partial charge on any atom is 0.223 e. The van der Waals surface area contributed by atoms with Gasteiger partial charge in [-0.15, -0.1) is 0 Å². The Labute approximate surface area is 92.3 Å². The Morgan fingerprint density at radius 2 is 2.13 bits per heavy atom. The third-order valence-electron chi connectivity index (χ3n) is 3.31. The number of aliphatic hydroxyl groups excluding tert-OH is 1. The molecule has 1 amide bonds. The standard InChI is InChI=1S/C12H23NO2/c1-3-5-6-10(4-2)11(15)13-12(9-14)7-8-12/h10,14H,3-9H2,1-2H3,(H,13,15). The zero-order valence-electron chi connectivity index (χ0n) is 9.88. The molecule has 1 saturated carbocycles. The second-order valence-electron chi connectivity index (χ2n) is 4.68. The quantitative estimate of drug-likeness (QED) is 0.678. The minimum atomic E-state index is -0.253. The van der Waals surface area contributed by atoms with E-state index in [0.29, 0.717) is 0 Å². The molecular formula is C12H23NO2. The zero-order chi connectivity index (χ0) is 11.3. The largest absolute Gasteiger partial charge is 0.394 e. The highest BCUT2D eigenvalue weighted by Crippen LogP contribution is 2.35. The van der Waals surface area contributed by atoms with Crippen molar-refractivity contribution in [3.8, 4) is 0 Å². The smallest absolute Gasteiger partial charge is 0.223 e. The average molecular weight is 213 g/mol. The summed E-state index contributed by atoms with van der Waals surface area (Å²) in [5.41, 5.74) is -0.253. The molecule has 1 unspecified atom stereocenters. The lowest BCUT2D eigenvalue weighted by atomic mass is 9.98. The molecule has 0 aromatic heterocycles. The first kappa shape index (κ1) is 12.5. The lowest BCUT2D eigenvalue weighted by molar-refractivity contribution is -0.126. The van der Waals surface area contributed by atoms with Gasteiger partial charge in [-0.05, 0) is 25.7 Å². The molecule has 1 atom stereocenters. The van der Waals surface area contributed by atoms with Crippen LogP contribution in [0.2, 0.25) is 0 Å². The number of amides is 1. The summed E-state index contributed by atoms with van der Waals surface area (Å²) in [6, 6.07) is 0. The van der Waals surface area contributed by atoms with Crippen molar-refractivity contribution in [2.24, 2.45) is 5.92 Å². The molecule has 0 spiro atoms. The molecule has 0 aromatic rings. The summed E-state index contributed by atoms with van der Waals surface area (Å²) in [6.45, 7) is 4.28. The Balaban J connectivity index is 2.36. The number of aliphatic hydroxyl groups is 1. The van der Waals surface area contributed by atoms with Gasteiger partial charge >= 0.3 is 0 Å². The van der Waals surface area contributed by atoms with Crippen LogP contribution in [0.4, 0.5) is 0 Å². The van der Waals surface area contributed by atoms with Crippen LogP contribution in [-0.2, 0) is 4.79 Å². The van der Waals surface area contributed by atoms with Crippen molar-refractivity contribution < 1.29 is 9.90 Å². The van der Waals surface area contributed by atoms with Gasteiger partial charge in [0.05, 0.1) is 12.1 Å². The highest BCUT2D eigenvalue weighted by atomic mass is 16.3. The number of carbonyl (C=O) groups excluding carboxylic acids is 1. The van der Waals surface area contributed by atoms with Crippen LogP contribution in [-0.4, -0.2) is 23.2 Å². The molecule has 3 heteroatoms. The fraction of sp³-hybridized carbons (Fsp3) is 0.917. The first-order valence-electron chi connectivity index (χ1n) is 6.10. The number of hydrogen-bond acceptors (Lipinski definition) is 2. The molecule has 0 heterocycles. The first-order valence-corrected chi connectivity index (χ1v) is 6.10. The number of nitrogens with one attached hydrogen (secondary N) is 1. The molecule has 3 nitrogen and oxygen atoms in total. The van der Waals surface area contributed by atoms with E-state index in [9.17, 15) is 4.79 Å². The Morgan fingerprint density at radius 1 is 1.47 bits per heavy atom. The number of carbonyl (C=O) groups is 1. The maximum atomic E-state index is 11.9. The monoisotopic (exact) mass is 213 g/mol. The van der Waals surface area contributed by atoms with Crippen molar-refractivity contribution in [2.75, 3.05) is 6.61 Å². The Kier molecular flexibility index (Phi) is 4.58. The molecule has 15 heavy (non-hydrogen) atoms. The van der Waals surface area contributed by atoms with E-state index in [1.165, 1.54) is 0 Å². The molecular weight excluding hydrogens is 190 g/mol. The van der Waals surface area contributed by atoms with Crippen molar-refractivity contribution in [1.29, 1.82) is 0 Å². The van der Waals surface area contributed by atoms with E-state index in [-0.39, 0.29) is 24.0 Å². The molecule has 0 bridgehead atoms. The predicted octanol–water partition coefficient (Wildman–Crippen LogP) is 1.84. The SMILES string of the molecule is CCCCC(CC)C(=O)NC1(CO)CC1. The van der Waals surface area contributed by atoms with E-state index in [4.69, 9.17) is 5.11 Å². The van der Waals surface area contributed by atoms with Gasteiger partial charge in [0.25, 0.3) is 0 Å². The second-order valence-corrected chi connectivity index (χ2v) is 4.68. The van der Waals surface area contributed by atoms with Crippen LogP contribution in [0, 0.1) is 5.92 Å². The van der Waals surface area contributed by atoms with Crippen molar-refractivity contribution in [1.82, 2.24) is 5.32 Å². The second kappa shape index (κ2) is 5.50. The van der Waals surface area contributed by atoms with Crippen molar-refractivity contribution in [2.45, 2.75) is 57.9 Å². The summed E-state index contributed by atoms with van der Waals surface area (Å²) in [4.78, 5) is 11.9. The Morgan fingerprint density at radius 3 is 2.53 bits per heavy atom. The van der Waals surface area contributed by atoms with E-state index in [0.717, 1.165) is 38.5 Å². The summed E-state index contributed by atoms with van der Waals surface area (Å²) in [7, 11) is 0. The molecule has 0 saturated heterocycles. The van der Waals surface area contributed by atoms with Gasteiger partial charge in [0.2, 0.25) is 5.91 Å². The van der Waals surface area contributed by atoms with Gasteiger partial charge in [0.1, 0.15) is 0 Å². The average Bonchev–Trinajstić information content (AvgIpc) is 3.00. The molecule has 88 valence electrons. The number of unbranched alkanes of at least 4 members (excludes halogenated alkanes) is 1. The fourth-order valence-corrected chi connectivity index (χ4v) is 1.81. The molecule has 1 aliphatic rings. The van der Waals surface area contributed by atoms with E-state index >= 15 is 0 Å². The Bertz CT molecular complexity index is 212. The molecule has 0 aromatic carbocycles. The van der Waals surface area contributed by atoms with Gasteiger partial charge < -0.3 is 10.4 Å². The van der Waals surface area contributed by atoms with Gasteiger partial charge in [-0.3, -0.25) is 4.79 Å². The molecule has 2 N–H and O–H groups in total. The van der Waals surface area contributed by atoms with Crippen LogP contribution in [0.5, 0.6) is 0 Å². The first-order chi connectivity index (χ1) is 7.17. The van der Waals surface area contributed by atoms with Crippen LogP contribution < -0.4 is 5.32 Å². The summed E-state index contributed by atoms with van der Waals surface area (Å²) >= 11 is 0. The normalized spacial score (nSPS) is 19.7. The minimum Gasteiger partial charge on any atom is -0.394 e. The highest BCUT2D eigenvalue weighted by Gasteiger charge is 2.44. The van der Waals surface area contributed by atoms with Crippen LogP contribution in [0.15, 0.2) is 0 Å². The van der Waals surface area contributed by atoms with E-state index in [1.807, 2.05) is 0 Å². The predicted molar refractivity (Wildman–Crippen MR) is 60.5 cm³/mol. The number of hydrogen-bond donors (Lipinski definition) is 2. The lowest BCUT2D eigenvalue weighted by Crippen LogP contribution is -2.42. The van der Waals surface area contributed by atoms with Crippen molar-refractivity contribution >= 4 is 5.91 Å². The van der Waals surface area contributed by atoms with Crippen LogP contribution in [0.25, 0.3) is 0 Å². The van der Waals surface area contributed by atoms with Crippen LogP contribution >= 0.6 is 0 Å². The van der Waals surface area contributed by atoms with E-state index < -0.39 is 0 Å². The molecule has 1 aliphatic carbocycles. The van der Waals surface area contributed by atoms with Gasteiger partial charge in [-0.25, -0.2) is 0 Å². The minimum absolute atomic E-state index is 0.0863. The van der Waals surface area contributed by atoms with Crippen LogP contribution in [0.1, 0.15) is 52.4 Å². The van der Waals surface area contributed by atoms with E-state index in [1.54, 1.807) is 0 Å². The maximum absolute atomic E-state index is 11.9. The molecule has 1 fully saturated rings. The lowest BCUT2D eigenvalue weighted by Gasteiger charge is -2.19. The number of rotatable bonds is 7. The summed E-state index contributed by atoms with van der Waals surface area (Å²) in [5.74, 6) is 0.270. The summed E-state index contributed by atoms with van der Waals surface area (Å²) < 4.78 is 0. The summed E-state index contributed by atoms with van der Waals surface area (Å²) in [6.07, 6.45) is 5.97. The van der Waals surface area contributed by atoms with E-state index in [2.05, 4.69) is 19.2 Å². The molecule has 0 aliphatic heterocycles. The van der Waals surface area contributed by atoms with Gasteiger partial charge in [-0.2, -0.15) is 0 Å². The van der Waals surface area contributed by atoms with Gasteiger partial charge in [0, 0.05) is 5.92 Å². The zero-order valence-corrected chi connectivity index (χ0v) is 9.88. The molecule has 0 radical (unpaired) electrons. The van der Waals surface area contributed by atoms with Gasteiger partial charge in [-0.1, -0.05) is 26.7 Å². The Hall–Kier alpha value is -0.570. The summed E-state index contributed by atoms with van der Waals surface area (Å²) in [5, 5.41) is 12.1.